The van der Waals surface area contributed by atoms with Crippen LogP contribution in [0.2, 0.25) is 0 Å². The third kappa shape index (κ3) is 7.54. The Hall–Kier alpha value is -2.16. The Kier molecular flexibility index (Phi) is 9.20. The van der Waals surface area contributed by atoms with E-state index in [9.17, 15) is 19.2 Å². The second-order valence-corrected chi connectivity index (χ2v) is 6.41. The molecule has 0 amide bonds. The molecule has 1 aliphatic heterocycles. The molecule has 1 rings (SSSR count). The highest BCUT2D eigenvalue weighted by atomic mass is 16.7. The molecule has 0 aromatic rings. The minimum atomic E-state index is -1.02. The van der Waals surface area contributed by atoms with Crippen molar-refractivity contribution in [2.75, 3.05) is 6.61 Å². The van der Waals surface area contributed by atoms with Gasteiger partial charge in [0.2, 0.25) is 6.29 Å². The Morgan fingerprint density at radius 1 is 0.815 bits per heavy atom. The maximum Gasteiger partial charge on any atom is 0.304 e. The minimum absolute atomic E-state index is 0.247. The van der Waals surface area contributed by atoms with Gasteiger partial charge in [0.05, 0.1) is 5.92 Å². The number of carbonyl (C=O) groups excluding carboxylic acids is 4. The van der Waals surface area contributed by atoms with Crippen LogP contribution >= 0.6 is 0 Å². The molecule has 9 heteroatoms. The largest absolute Gasteiger partial charge is 0.463 e. The van der Waals surface area contributed by atoms with Crippen LogP contribution in [-0.2, 0) is 42.9 Å². The number of hydrogen-bond donors (Lipinski definition) is 0. The van der Waals surface area contributed by atoms with Gasteiger partial charge in [-0.05, 0) is 6.42 Å². The molecule has 0 N–H and O–H groups in total. The molecular weight excluding hydrogens is 360 g/mol. The molecule has 0 aromatic carbocycles. The lowest BCUT2D eigenvalue weighted by molar-refractivity contribution is -0.284. The first-order valence-electron chi connectivity index (χ1n) is 8.96. The summed E-state index contributed by atoms with van der Waals surface area (Å²) in [6.45, 7) is 6.65. The van der Waals surface area contributed by atoms with Crippen molar-refractivity contribution in [2.24, 2.45) is 5.92 Å². The van der Waals surface area contributed by atoms with E-state index >= 15 is 0 Å². The Labute approximate surface area is 158 Å². The van der Waals surface area contributed by atoms with Crippen LogP contribution in [0.3, 0.4) is 0 Å². The highest BCUT2D eigenvalue weighted by Gasteiger charge is 2.51. The molecule has 27 heavy (non-hydrogen) atoms. The quantitative estimate of drug-likeness (QED) is 0.451. The first kappa shape index (κ1) is 22.9. The summed E-state index contributed by atoms with van der Waals surface area (Å²) in [5.41, 5.74) is 0. The lowest BCUT2D eigenvalue weighted by Crippen LogP contribution is -2.59. The van der Waals surface area contributed by atoms with Crippen LogP contribution in [-0.4, -0.2) is 55.1 Å². The summed E-state index contributed by atoms with van der Waals surface area (Å²) in [5, 5.41) is 0. The summed E-state index contributed by atoms with van der Waals surface area (Å²) >= 11 is 0. The van der Waals surface area contributed by atoms with E-state index < -0.39 is 54.4 Å². The standard InChI is InChI=1S/C18H28O9/c1-6-7-8-14-16(24-11(3)20)17(25-12(4)21)15(9-23-10(2)19)27-18(14)26-13(5)22/h14-18H,6-9H2,1-5H3/t14-,15-,16-,17-,18-/m1/s1. The third-order valence-electron chi connectivity index (χ3n) is 4.00. The van der Waals surface area contributed by atoms with Crippen molar-refractivity contribution >= 4 is 23.9 Å². The minimum Gasteiger partial charge on any atom is -0.463 e. The van der Waals surface area contributed by atoms with E-state index in [0.29, 0.717) is 6.42 Å². The zero-order valence-corrected chi connectivity index (χ0v) is 16.4. The van der Waals surface area contributed by atoms with Gasteiger partial charge in [-0.3, -0.25) is 19.2 Å². The predicted molar refractivity (Wildman–Crippen MR) is 91.2 cm³/mol. The zero-order chi connectivity index (χ0) is 20.6. The predicted octanol–water partition coefficient (Wildman–Crippen LogP) is 1.51. The molecule has 1 saturated heterocycles. The molecule has 0 aromatic heterocycles. The summed E-state index contributed by atoms with van der Waals surface area (Å²) in [7, 11) is 0. The molecule has 0 radical (unpaired) electrons. The van der Waals surface area contributed by atoms with Crippen LogP contribution in [0, 0.1) is 5.92 Å². The Balaban J connectivity index is 3.22. The van der Waals surface area contributed by atoms with Gasteiger partial charge in [-0.2, -0.15) is 0 Å². The summed E-state index contributed by atoms with van der Waals surface area (Å²) in [6.07, 6.45) is -1.76. The molecule has 1 fully saturated rings. The van der Waals surface area contributed by atoms with Crippen molar-refractivity contribution in [1.29, 1.82) is 0 Å². The van der Waals surface area contributed by atoms with E-state index in [-0.39, 0.29) is 6.61 Å². The Bertz CT molecular complexity index is 545. The highest BCUT2D eigenvalue weighted by molar-refractivity contribution is 5.68. The van der Waals surface area contributed by atoms with Crippen LogP contribution in [0.4, 0.5) is 0 Å². The molecule has 154 valence electrons. The monoisotopic (exact) mass is 388 g/mol. The van der Waals surface area contributed by atoms with Gasteiger partial charge in [0.25, 0.3) is 0 Å². The van der Waals surface area contributed by atoms with Gasteiger partial charge in [-0.15, -0.1) is 0 Å². The third-order valence-corrected chi connectivity index (χ3v) is 4.00. The zero-order valence-electron chi connectivity index (χ0n) is 16.4. The summed E-state index contributed by atoms with van der Waals surface area (Å²) in [6, 6.07) is 0. The van der Waals surface area contributed by atoms with E-state index in [0.717, 1.165) is 12.8 Å². The molecule has 5 atom stereocenters. The Morgan fingerprint density at radius 2 is 1.37 bits per heavy atom. The number of ether oxygens (including phenoxy) is 5. The van der Waals surface area contributed by atoms with Crippen LogP contribution < -0.4 is 0 Å². The van der Waals surface area contributed by atoms with Gasteiger partial charge in [0, 0.05) is 27.7 Å². The van der Waals surface area contributed by atoms with Crippen molar-refractivity contribution < 1.29 is 42.9 Å². The van der Waals surface area contributed by atoms with Gasteiger partial charge in [-0.25, -0.2) is 0 Å². The van der Waals surface area contributed by atoms with E-state index in [2.05, 4.69) is 0 Å². The second kappa shape index (κ2) is 10.9. The summed E-state index contributed by atoms with van der Waals surface area (Å²) < 4.78 is 26.8. The average molecular weight is 388 g/mol. The molecule has 0 bridgehead atoms. The van der Waals surface area contributed by atoms with Crippen LogP contribution in [0.1, 0.15) is 53.9 Å². The smallest absolute Gasteiger partial charge is 0.304 e. The SMILES string of the molecule is CCCC[C@H]1[C@H](OC(C)=O)O[C@H](COC(C)=O)[C@@H](OC(C)=O)[C@@H]1OC(C)=O. The van der Waals surface area contributed by atoms with E-state index in [1.807, 2.05) is 6.92 Å². The Morgan fingerprint density at radius 3 is 1.85 bits per heavy atom. The van der Waals surface area contributed by atoms with Gasteiger partial charge >= 0.3 is 23.9 Å². The molecule has 1 aliphatic rings. The van der Waals surface area contributed by atoms with Crippen LogP contribution in [0.5, 0.6) is 0 Å². The number of carbonyl (C=O) groups is 4. The number of rotatable bonds is 8. The fraction of sp³-hybridized carbons (Fsp3) is 0.778. The molecule has 9 nitrogen and oxygen atoms in total. The maximum absolute atomic E-state index is 11.7. The van der Waals surface area contributed by atoms with E-state index in [4.69, 9.17) is 23.7 Å². The molecule has 0 aliphatic carbocycles. The second-order valence-electron chi connectivity index (χ2n) is 6.41. The number of hydrogen-bond acceptors (Lipinski definition) is 9. The molecule has 0 unspecified atom stereocenters. The molecule has 0 saturated carbocycles. The van der Waals surface area contributed by atoms with Crippen molar-refractivity contribution in [1.82, 2.24) is 0 Å². The molecule has 0 spiro atoms. The number of esters is 4. The van der Waals surface area contributed by atoms with Crippen molar-refractivity contribution in [3.05, 3.63) is 0 Å². The topological polar surface area (TPSA) is 114 Å². The first-order valence-corrected chi connectivity index (χ1v) is 8.96. The van der Waals surface area contributed by atoms with Crippen LogP contribution in [0.25, 0.3) is 0 Å². The van der Waals surface area contributed by atoms with Crippen LogP contribution in [0.15, 0.2) is 0 Å². The van der Waals surface area contributed by atoms with Crippen molar-refractivity contribution in [3.63, 3.8) is 0 Å². The first-order chi connectivity index (χ1) is 12.6. The van der Waals surface area contributed by atoms with Crippen molar-refractivity contribution in [3.8, 4) is 0 Å². The lowest BCUT2D eigenvalue weighted by Gasteiger charge is -2.44. The summed E-state index contributed by atoms with van der Waals surface area (Å²) in [5.74, 6) is -2.83. The maximum atomic E-state index is 11.7. The molecular formula is C18H28O9. The van der Waals surface area contributed by atoms with Gasteiger partial charge in [-0.1, -0.05) is 19.8 Å². The highest BCUT2D eigenvalue weighted by Crippen LogP contribution is 2.35. The normalized spacial score (nSPS) is 27.4. The van der Waals surface area contributed by atoms with Crippen molar-refractivity contribution in [2.45, 2.75) is 78.5 Å². The molecule has 1 heterocycles. The van der Waals surface area contributed by atoms with Gasteiger partial charge < -0.3 is 23.7 Å². The fourth-order valence-electron chi connectivity index (χ4n) is 2.99. The van der Waals surface area contributed by atoms with Gasteiger partial charge in [0.15, 0.2) is 12.2 Å². The average Bonchev–Trinajstić information content (AvgIpc) is 2.53. The van der Waals surface area contributed by atoms with E-state index in [1.54, 1.807) is 0 Å². The number of unbranched alkanes of at least 4 members (excludes halogenated alkanes) is 1. The lowest BCUT2D eigenvalue weighted by atomic mass is 9.86. The summed E-state index contributed by atoms with van der Waals surface area (Å²) in [4.78, 5) is 46.0. The fourth-order valence-corrected chi connectivity index (χ4v) is 2.99. The van der Waals surface area contributed by atoms with Gasteiger partial charge in [0.1, 0.15) is 12.7 Å². The van der Waals surface area contributed by atoms with E-state index in [1.165, 1.54) is 27.7 Å².